The Morgan fingerprint density at radius 1 is 1.23 bits per heavy atom. The van der Waals surface area contributed by atoms with Gasteiger partial charge in [-0.05, 0) is 62.8 Å². The highest BCUT2D eigenvalue weighted by Gasteiger charge is 2.32. The number of likely N-dealkylation sites (tertiary alicyclic amines) is 1. The fourth-order valence-corrected chi connectivity index (χ4v) is 4.26. The first-order valence-electron chi connectivity index (χ1n) is 9.52. The van der Waals surface area contributed by atoms with Crippen molar-refractivity contribution in [3.8, 4) is 11.5 Å². The van der Waals surface area contributed by atoms with E-state index in [4.69, 9.17) is 9.47 Å². The molecule has 3 heterocycles. The maximum absolute atomic E-state index is 5.54. The van der Waals surface area contributed by atoms with Gasteiger partial charge in [-0.15, -0.1) is 10.2 Å². The highest BCUT2D eigenvalue weighted by Crippen LogP contribution is 2.37. The van der Waals surface area contributed by atoms with Crippen LogP contribution < -0.4 is 9.47 Å². The Hall–Kier alpha value is -2.08. The van der Waals surface area contributed by atoms with Crippen molar-refractivity contribution < 1.29 is 9.47 Å². The SMILES string of the molecule is CC(C)n1cnnc1CN1CCC[C@](C)(Cc2ccc3c(c2)OCO3)C1. The van der Waals surface area contributed by atoms with E-state index in [1.807, 2.05) is 12.4 Å². The van der Waals surface area contributed by atoms with Crippen molar-refractivity contribution in [2.24, 2.45) is 5.41 Å². The average molecular weight is 356 g/mol. The van der Waals surface area contributed by atoms with Gasteiger partial charge in [0.2, 0.25) is 6.79 Å². The van der Waals surface area contributed by atoms with Crippen LogP contribution in [0.2, 0.25) is 0 Å². The van der Waals surface area contributed by atoms with Gasteiger partial charge in [0.05, 0.1) is 6.54 Å². The number of benzene rings is 1. The van der Waals surface area contributed by atoms with Gasteiger partial charge in [-0.3, -0.25) is 4.90 Å². The van der Waals surface area contributed by atoms with E-state index in [-0.39, 0.29) is 5.41 Å². The van der Waals surface area contributed by atoms with E-state index in [2.05, 4.69) is 52.6 Å². The van der Waals surface area contributed by atoms with E-state index in [0.29, 0.717) is 12.8 Å². The Balaban J connectivity index is 1.44. The Morgan fingerprint density at radius 2 is 2.08 bits per heavy atom. The second-order valence-corrected chi connectivity index (χ2v) is 8.24. The summed E-state index contributed by atoms with van der Waals surface area (Å²) in [7, 11) is 0. The molecule has 6 heteroatoms. The second-order valence-electron chi connectivity index (χ2n) is 8.24. The number of aromatic nitrogens is 3. The molecule has 4 rings (SSSR count). The van der Waals surface area contributed by atoms with Crippen molar-refractivity contribution in [3.63, 3.8) is 0 Å². The predicted molar refractivity (Wildman–Crippen MR) is 99.3 cm³/mol. The third-order valence-electron chi connectivity index (χ3n) is 5.50. The maximum Gasteiger partial charge on any atom is 0.231 e. The summed E-state index contributed by atoms with van der Waals surface area (Å²) in [6, 6.07) is 6.74. The highest BCUT2D eigenvalue weighted by atomic mass is 16.7. The van der Waals surface area contributed by atoms with Gasteiger partial charge < -0.3 is 14.0 Å². The summed E-state index contributed by atoms with van der Waals surface area (Å²) in [4.78, 5) is 2.53. The van der Waals surface area contributed by atoms with E-state index in [1.165, 1.54) is 18.4 Å². The molecule has 1 fully saturated rings. The summed E-state index contributed by atoms with van der Waals surface area (Å²) in [6.07, 6.45) is 5.36. The van der Waals surface area contributed by atoms with Gasteiger partial charge >= 0.3 is 0 Å². The molecule has 2 aliphatic rings. The van der Waals surface area contributed by atoms with Crippen LogP contribution in [0.1, 0.15) is 51.0 Å². The molecule has 0 N–H and O–H groups in total. The molecule has 1 aromatic carbocycles. The molecule has 0 saturated carbocycles. The minimum atomic E-state index is 0.259. The fourth-order valence-electron chi connectivity index (χ4n) is 4.26. The van der Waals surface area contributed by atoms with Gasteiger partial charge in [0, 0.05) is 12.6 Å². The van der Waals surface area contributed by atoms with E-state index in [1.54, 1.807) is 0 Å². The Labute approximate surface area is 155 Å². The van der Waals surface area contributed by atoms with Crippen molar-refractivity contribution in [2.75, 3.05) is 19.9 Å². The summed E-state index contributed by atoms with van der Waals surface area (Å²) >= 11 is 0. The topological polar surface area (TPSA) is 52.4 Å². The van der Waals surface area contributed by atoms with Crippen LogP contribution in [0.5, 0.6) is 11.5 Å². The highest BCUT2D eigenvalue weighted by molar-refractivity contribution is 5.44. The summed E-state index contributed by atoms with van der Waals surface area (Å²) in [5.41, 5.74) is 1.58. The standard InChI is InChI=1S/C20H28N4O2/c1-15(2)24-13-21-22-19(24)11-23-8-4-7-20(3,12-23)10-16-5-6-17-18(9-16)26-14-25-17/h5-6,9,13,15H,4,7-8,10-12,14H2,1-3H3/t20-/m1/s1. The normalized spacial score (nSPS) is 22.9. The number of piperidine rings is 1. The van der Waals surface area contributed by atoms with Gasteiger partial charge in [0.1, 0.15) is 12.2 Å². The van der Waals surface area contributed by atoms with Crippen molar-refractivity contribution in [3.05, 3.63) is 35.9 Å². The van der Waals surface area contributed by atoms with Crippen LogP contribution in [0.25, 0.3) is 0 Å². The zero-order valence-corrected chi connectivity index (χ0v) is 15.9. The summed E-state index contributed by atoms with van der Waals surface area (Å²) in [6.45, 7) is 10.2. The first-order valence-corrected chi connectivity index (χ1v) is 9.52. The van der Waals surface area contributed by atoms with Crippen LogP contribution in [0.3, 0.4) is 0 Å². The number of hydrogen-bond acceptors (Lipinski definition) is 5. The lowest BCUT2D eigenvalue weighted by molar-refractivity contribution is 0.0935. The van der Waals surface area contributed by atoms with E-state index < -0.39 is 0 Å². The van der Waals surface area contributed by atoms with Gasteiger partial charge in [0.25, 0.3) is 0 Å². The molecule has 6 nitrogen and oxygen atoms in total. The number of ether oxygens (including phenoxy) is 2. The van der Waals surface area contributed by atoms with Gasteiger partial charge in [-0.25, -0.2) is 0 Å². The van der Waals surface area contributed by atoms with Crippen molar-refractivity contribution >= 4 is 0 Å². The van der Waals surface area contributed by atoms with E-state index >= 15 is 0 Å². The lowest BCUT2D eigenvalue weighted by atomic mass is 9.77. The number of rotatable bonds is 5. The van der Waals surface area contributed by atoms with E-state index in [0.717, 1.165) is 43.4 Å². The Bertz CT molecular complexity index is 773. The quantitative estimate of drug-likeness (QED) is 0.821. The van der Waals surface area contributed by atoms with Crippen molar-refractivity contribution in [1.82, 2.24) is 19.7 Å². The number of nitrogens with zero attached hydrogens (tertiary/aromatic N) is 4. The molecule has 1 saturated heterocycles. The minimum Gasteiger partial charge on any atom is -0.454 e. The Kier molecular flexibility index (Phi) is 4.61. The molecule has 1 atom stereocenters. The zero-order valence-electron chi connectivity index (χ0n) is 15.9. The molecule has 2 aliphatic heterocycles. The van der Waals surface area contributed by atoms with Gasteiger partial charge in [0.15, 0.2) is 11.5 Å². The Morgan fingerprint density at radius 3 is 2.92 bits per heavy atom. The van der Waals surface area contributed by atoms with Crippen LogP contribution in [0, 0.1) is 5.41 Å². The zero-order chi connectivity index (χ0) is 18.1. The van der Waals surface area contributed by atoms with Crippen molar-refractivity contribution in [2.45, 2.75) is 52.6 Å². The summed E-state index contributed by atoms with van der Waals surface area (Å²) in [5, 5.41) is 8.45. The van der Waals surface area contributed by atoms with Crippen molar-refractivity contribution in [1.29, 1.82) is 0 Å². The molecule has 2 aromatic rings. The van der Waals surface area contributed by atoms with Crippen LogP contribution in [0.4, 0.5) is 0 Å². The van der Waals surface area contributed by atoms with Crippen LogP contribution in [-0.2, 0) is 13.0 Å². The first kappa shape index (κ1) is 17.3. The molecule has 26 heavy (non-hydrogen) atoms. The fraction of sp³-hybridized carbons (Fsp3) is 0.600. The molecule has 0 amide bonds. The number of hydrogen-bond donors (Lipinski definition) is 0. The summed E-state index contributed by atoms with van der Waals surface area (Å²) in [5.74, 6) is 2.80. The number of fused-ring (bicyclic) bond motifs is 1. The minimum absolute atomic E-state index is 0.259. The lowest BCUT2D eigenvalue weighted by Gasteiger charge is -2.40. The molecule has 0 unspecified atom stereocenters. The first-order chi connectivity index (χ1) is 12.5. The monoisotopic (exact) mass is 356 g/mol. The molecule has 0 bridgehead atoms. The smallest absolute Gasteiger partial charge is 0.231 e. The van der Waals surface area contributed by atoms with Gasteiger partial charge in [-0.2, -0.15) is 0 Å². The molecule has 140 valence electrons. The average Bonchev–Trinajstić information content (AvgIpc) is 3.23. The third-order valence-corrected chi connectivity index (χ3v) is 5.50. The largest absolute Gasteiger partial charge is 0.454 e. The second kappa shape index (κ2) is 6.91. The predicted octanol–water partition coefficient (Wildman–Crippen LogP) is 3.43. The van der Waals surface area contributed by atoms with E-state index in [9.17, 15) is 0 Å². The molecular formula is C20H28N4O2. The summed E-state index contributed by atoms with van der Waals surface area (Å²) < 4.78 is 13.1. The van der Waals surface area contributed by atoms with Crippen LogP contribution in [-0.4, -0.2) is 39.5 Å². The molecule has 0 radical (unpaired) electrons. The molecule has 0 aliphatic carbocycles. The molecule has 0 spiro atoms. The van der Waals surface area contributed by atoms with Crippen LogP contribution in [0.15, 0.2) is 24.5 Å². The molecular weight excluding hydrogens is 328 g/mol. The van der Waals surface area contributed by atoms with Gasteiger partial charge in [-0.1, -0.05) is 13.0 Å². The van der Waals surface area contributed by atoms with Crippen LogP contribution >= 0.6 is 0 Å². The molecule has 1 aromatic heterocycles. The third kappa shape index (κ3) is 3.56. The lowest BCUT2D eigenvalue weighted by Crippen LogP contribution is -2.42. The maximum atomic E-state index is 5.54.